The zero-order valence-corrected chi connectivity index (χ0v) is 13.7. The van der Waals surface area contributed by atoms with E-state index in [1.54, 1.807) is 12.4 Å². The molecule has 0 aliphatic rings. The van der Waals surface area contributed by atoms with Crippen molar-refractivity contribution >= 4 is 11.8 Å². The van der Waals surface area contributed by atoms with Crippen LogP contribution in [-0.2, 0) is 5.75 Å². The number of halogens is 1. The third-order valence-corrected chi connectivity index (χ3v) is 4.49. The minimum absolute atomic E-state index is 0.252. The molecular formula is C17H16FN3OS. The van der Waals surface area contributed by atoms with E-state index in [1.807, 2.05) is 41.8 Å². The van der Waals surface area contributed by atoms with Crippen molar-refractivity contribution in [3.05, 3.63) is 65.7 Å². The Morgan fingerprint density at radius 1 is 1.22 bits per heavy atom. The Balaban J connectivity index is 1.79. The first-order chi connectivity index (χ1) is 11.2. The number of thioether (sulfide) groups is 1. The van der Waals surface area contributed by atoms with Crippen molar-refractivity contribution in [1.82, 2.24) is 14.8 Å². The lowest BCUT2D eigenvalue weighted by Crippen LogP contribution is -1.98. The summed E-state index contributed by atoms with van der Waals surface area (Å²) in [4.78, 5) is 0. The first-order valence-corrected chi connectivity index (χ1v) is 8.09. The minimum atomic E-state index is -0.356. The average Bonchev–Trinajstić information content (AvgIpc) is 3.02. The smallest absolute Gasteiger partial charge is 0.195 e. The van der Waals surface area contributed by atoms with Gasteiger partial charge in [0.2, 0.25) is 0 Å². The molecule has 0 aliphatic carbocycles. The fraction of sp³-hybridized carbons (Fsp3) is 0.176. The molecule has 0 bridgehead atoms. The predicted molar refractivity (Wildman–Crippen MR) is 88.6 cm³/mol. The average molecular weight is 329 g/mol. The summed E-state index contributed by atoms with van der Waals surface area (Å²) in [5, 5.41) is 8.93. The van der Waals surface area contributed by atoms with Crippen LogP contribution in [0.25, 0.3) is 5.69 Å². The highest BCUT2D eigenvalue weighted by Crippen LogP contribution is 2.26. The maximum absolute atomic E-state index is 13.7. The van der Waals surface area contributed by atoms with Crippen molar-refractivity contribution < 1.29 is 9.13 Å². The lowest BCUT2D eigenvalue weighted by atomic mass is 10.2. The highest BCUT2D eigenvalue weighted by atomic mass is 32.2. The molecule has 0 amide bonds. The van der Waals surface area contributed by atoms with Crippen molar-refractivity contribution in [2.24, 2.45) is 0 Å². The number of ether oxygens (including phenoxy) is 1. The Morgan fingerprint density at radius 2 is 2.04 bits per heavy atom. The van der Waals surface area contributed by atoms with E-state index in [-0.39, 0.29) is 11.6 Å². The zero-order valence-electron chi connectivity index (χ0n) is 12.9. The number of methoxy groups -OCH3 is 1. The first kappa shape index (κ1) is 15.6. The normalized spacial score (nSPS) is 10.7. The van der Waals surface area contributed by atoms with Crippen molar-refractivity contribution in [2.45, 2.75) is 17.8 Å². The molecule has 0 saturated heterocycles. The molecule has 0 N–H and O–H groups in total. The first-order valence-electron chi connectivity index (χ1n) is 7.10. The van der Waals surface area contributed by atoms with Crippen LogP contribution in [0.1, 0.15) is 11.1 Å². The molecule has 3 aromatic rings. The fourth-order valence-corrected chi connectivity index (χ4v) is 3.13. The number of aromatic nitrogens is 3. The molecule has 2 aromatic carbocycles. The van der Waals surface area contributed by atoms with Gasteiger partial charge in [0.15, 0.2) is 16.7 Å². The molecule has 0 spiro atoms. The van der Waals surface area contributed by atoms with Gasteiger partial charge in [-0.05, 0) is 36.2 Å². The molecule has 1 heterocycles. The second-order valence-corrected chi connectivity index (χ2v) is 5.97. The quantitative estimate of drug-likeness (QED) is 0.663. The van der Waals surface area contributed by atoms with Crippen molar-refractivity contribution in [2.75, 3.05) is 7.11 Å². The summed E-state index contributed by atoms with van der Waals surface area (Å²) in [7, 11) is 1.46. The number of hydrogen-bond donors (Lipinski definition) is 0. The van der Waals surface area contributed by atoms with Gasteiger partial charge in [0, 0.05) is 5.75 Å². The molecule has 6 heteroatoms. The lowest BCUT2D eigenvalue weighted by molar-refractivity contribution is 0.386. The molecule has 3 rings (SSSR count). The maximum atomic E-state index is 13.7. The van der Waals surface area contributed by atoms with Crippen molar-refractivity contribution in [1.29, 1.82) is 0 Å². The van der Waals surface area contributed by atoms with Gasteiger partial charge in [-0.2, -0.15) is 0 Å². The molecule has 0 aliphatic heterocycles. The molecule has 0 radical (unpaired) electrons. The van der Waals surface area contributed by atoms with Crippen LogP contribution in [0.3, 0.4) is 0 Å². The maximum Gasteiger partial charge on any atom is 0.195 e. The van der Waals surface area contributed by atoms with Gasteiger partial charge >= 0.3 is 0 Å². The van der Waals surface area contributed by atoms with Crippen LogP contribution in [0.15, 0.2) is 53.9 Å². The standard InChI is InChI=1S/C17H16FN3OS/c1-12-5-3-4-6-15(12)21-11-19-20-17(21)23-10-13-7-8-16(22-2)14(18)9-13/h3-9,11H,10H2,1-2H3. The third-order valence-electron chi connectivity index (χ3n) is 3.48. The zero-order chi connectivity index (χ0) is 16.2. The molecule has 0 atom stereocenters. The van der Waals surface area contributed by atoms with Crippen LogP contribution in [0.4, 0.5) is 4.39 Å². The fourth-order valence-electron chi connectivity index (χ4n) is 2.27. The summed E-state index contributed by atoms with van der Waals surface area (Å²) < 4.78 is 20.6. The second-order valence-electron chi connectivity index (χ2n) is 5.03. The molecule has 118 valence electrons. The van der Waals surface area contributed by atoms with Crippen LogP contribution in [0, 0.1) is 12.7 Å². The summed E-state index contributed by atoms with van der Waals surface area (Å²) >= 11 is 1.51. The van der Waals surface area contributed by atoms with Crippen LogP contribution < -0.4 is 4.74 Å². The largest absolute Gasteiger partial charge is 0.494 e. The minimum Gasteiger partial charge on any atom is -0.494 e. The second kappa shape index (κ2) is 6.83. The molecule has 0 unspecified atom stereocenters. The number of aryl methyl sites for hydroxylation is 1. The monoisotopic (exact) mass is 329 g/mol. The van der Waals surface area contributed by atoms with Crippen LogP contribution in [0.5, 0.6) is 5.75 Å². The Bertz CT molecular complexity index is 819. The van der Waals surface area contributed by atoms with Crippen molar-refractivity contribution in [3.63, 3.8) is 0 Å². The highest BCUT2D eigenvalue weighted by molar-refractivity contribution is 7.98. The van der Waals surface area contributed by atoms with Gasteiger partial charge in [0.1, 0.15) is 6.33 Å². The van der Waals surface area contributed by atoms with Gasteiger partial charge in [0.25, 0.3) is 0 Å². The van der Waals surface area contributed by atoms with E-state index < -0.39 is 0 Å². The van der Waals surface area contributed by atoms with E-state index in [1.165, 1.54) is 24.9 Å². The summed E-state index contributed by atoms with van der Waals surface area (Å²) in [6.45, 7) is 2.04. The summed E-state index contributed by atoms with van der Waals surface area (Å²) in [5.41, 5.74) is 3.05. The molecule has 1 aromatic heterocycles. The Morgan fingerprint density at radius 3 is 2.78 bits per heavy atom. The third kappa shape index (κ3) is 3.37. The predicted octanol–water partition coefficient (Wildman–Crippen LogP) is 4.02. The number of para-hydroxylation sites is 1. The van der Waals surface area contributed by atoms with Crippen LogP contribution in [-0.4, -0.2) is 21.9 Å². The summed E-state index contributed by atoms with van der Waals surface area (Å²) in [6.07, 6.45) is 1.69. The highest BCUT2D eigenvalue weighted by Gasteiger charge is 2.10. The van der Waals surface area contributed by atoms with Gasteiger partial charge < -0.3 is 4.74 Å². The number of nitrogens with zero attached hydrogens (tertiary/aromatic N) is 3. The number of rotatable bonds is 5. The molecule has 23 heavy (non-hydrogen) atoms. The molecular weight excluding hydrogens is 313 g/mol. The molecule has 0 saturated carbocycles. The van der Waals surface area contributed by atoms with Crippen LogP contribution >= 0.6 is 11.8 Å². The van der Waals surface area contributed by atoms with Crippen molar-refractivity contribution in [3.8, 4) is 11.4 Å². The van der Waals surface area contributed by atoms with Gasteiger partial charge in [-0.25, -0.2) is 4.39 Å². The Labute approximate surface area is 138 Å². The van der Waals surface area contributed by atoms with E-state index in [2.05, 4.69) is 10.2 Å². The SMILES string of the molecule is COc1ccc(CSc2nncn2-c2ccccc2C)cc1F. The number of hydrogen-bond acceptors (Lipinski definition) is 4. The van der Waals surface area contributed by atoms with E-state index >= 15 is 0 Å². The molecule has 4 nitrogen and oxygen atoms in total. The summed E-state index contributed by atoms with van der Waals surface area (Å²) in [6, 6.07) is 13.0. The van der Waals surface area contributed by atoms with Crippen LogP contribution in [0.2, 0.25) is 0 Å². The molecule has 0 fully saturated rings. The van der Waals surface area contributed by atoms with Gasteiger partial charge in [-0.1, -0.05) is 36.0 Å². The van der Waals surface area contributed by atoms with Gasteiger partial charge in [0.05, 0.1) is 12.8 Å². The van der Waals surface area contributed by atoms with E-state index in [0.29, 0.717) is 5.75 Å². The van der Waals surface area contributed by atoms with E-state index in [0.717, 1.165) is 22.0 Å². The lowest BCUT2D eigenvalue weighted by Gasteiger charge is -2.09. The summed E-state index contributed by atoms with van der Waals surface area (Å²) in [5.74, 6) is 0.499. The van der Waals surface area contributed by atoms with Gasteiger partial charge in [-0.15, -0.1) is 10.2 Å². The van der Waals surface area contributed by atoms with E-state index in [9.17, 15) is 4.39 Å². The number of benzene rings is 2. The topological polar surface area (TPSA) is 39.9 Å². The Kier molecular flexibility index (Phi) is 4.62. The van der Waals surface area contributed by atoms with E-state index in [4.69, 9.17) is 4.74 Å². The Hall–Kier alpha value is -2.34. The van der Waals surface area contributed by atoms with Gasteiger partial charge in [-0.3, -0.25) is 4.57 Å².